The van der Waals surface area contributed by atoms with Gasteiger partial charge in [0.25, 0.3) is 0 Å². The Morgan fingerprint density at radius 2 is 0.465 bits per heavy atom. The molecule has 0 aliphatic heterocycles. The van der Waals surface area contributed by atoms with Gasteiger partial charge >= 0.3 is 0 Å². The van der Waals surface area contributed by atoms with E-state index in [1.165, 1.54) is 81.4 Å². The van der Waals surface area contributed by atoms with Gasteiger partial charge in [-0.1, -0.05) is 328 Å². The highest BCUT2D eigenvalue weighted by Crippen LogP contribution is 2.42. The van der Waals surface area contributed by atoms with Gasteiger partial charge in [-0.15, -0.1) is 11.3 Å². The first-order chi connectivity index (χ1) is 49.0. The Kier molecular flexibility index (Phi) is 17.1. The van der Waals surface area contributed by atoms with Crippen LogP contribution in [0.1, 0.15) is 5.56 Å². The molecule has 5 heteroatoms. The Morgan fingerprint density at radius 3 is 0.889 bits per heavy atom. The monoisotopic (exact) mass is 1280 g/mol. The molecule has 2 aromatic heterocycles. The summed E-state index contributed by atoms with van der Waals surface area (Å²) in [6, 6.07) is 135. The van der Waals surface area contributed by atoms with Crippen LogP contribution < -0.4 is 0 Å². The molecular weight excluding hydrogens is 1220 g/mol. The van der Waals surface area contributed by atoms with Crippen molar-refractivity contribution in [3.05, 3.63) is 382 Å². The van der Waals surface area contributed by atoms with Crippen molar-refractivity contribution in [2.45, 2.75) is 0 Å². The molecule has 0 atom stereocenters. The predicted octanol–water partition coefficient (Wildman–Crippen LogP) is 25.5. The zero-order valence-electron chi connectivity index (χ0n) is 54.0. The minimum absolute atomic E-state index is 0.644. The maximum absolute atomic E-state index is 9.97. The highest BCUT2D eigenvalue weighted by Gasteiger charge is 2.16. The summed E-state index contributed by atoms with van der Waals surface area (Å²) in [5.41, 5.74) is 26.7. The Labute approximate surface area is 581 Å². The molecule has 2 heterocycles. The largest absolute Gasteiger partial charge is 0.208 e. The molecular formula is C94H62N4S. The minimum atomic E-state index is 0.644. The Morgan fingerprint density at radius 1 is 0.202 bits per heavy atom. The molecule has 17 rings (SSSR count). The van der Waals surface area contributed by atoms with E-state index in [0.717, 1.165) is 66.8 Å². The third-order valence-corrected chi connectivity index (χ3v) is 19.5. The SMILES string of the molecule is N#Cc1cc(-c2ccc(-c3cccc(-c4ccc(-c5ccccc5)cc4)c3)cc2)cc(-c2cccc(-c3ccc(-c4ccccc4)cc3)c2)c1.c1ccc(-c2nc(-c3ccccc3)nc(-c3cccc(-c4ccc(-c5cccc(-c6cccc7c6sc6ccccc67)c5)cc4)c3)n2)cc1. The molecule has 0 spiro atoms. The molecule has 0 amide bonds. The zero-order valence-corrected chi connectivity index (χ0v) is 54.8. The second-order valence-electron chi connectivity index (χ2n) is 24.6. The Bertz CT molecular complexity index is 5690. The summed E-state index contributed by atoms with van der Waals surface area (Å²) in [6.07, 6.45) is 0. The third-order valence-electron chi connectivity index (χ3n) is 18.3. The normalized spacial score (nSPS) is 11.0. The molecule has 0 aliphatic carbocycles. The van der Waals surface area contributed by atoms with E-state index in [1.807, 2.05) is 96.3 Å². The van der Waals surface area contributed by atoms with Gasteiger partial charge in [-0.2, -0.15) is 5.26 Å². The van der Waals surface area contributed by atoms with Gasteiger partial charge in [0.1, 0.15) is 0 Å². The van der Waals surface area contributed by atoms with Crippen LogP contribution in [-0.2, 0) is 0 Å². The van der Waals surface area contributed by atoms with Gasteiger partial charge < -0.3 is 0 Å². The van der Waals surface area contributed by atoms with Crippen LogP contribution in [-0.4, -0.2) is 15.0 Å². The van der Waals surface area contributed by atoms with E-state index in [2.05, 4.69) is 297 Å². The van der Waals surface area contributed by atoms with Crippen LogP contribution in [0, 0.1) is 11.3 Å². The van der Waals surface area contributed by atoms with Crippen molar-refractivity contribution in [2.24, 2.45) is 0 Å². The lowest BCUT2D eigenvalue weighted by atomic mass is 9.93. The number of rotatable bonds is 13. The lowest BCUT2D eigenvalue weighted by molar-refractivity contribution is 1.07. The predicted molar refractivity (Wildman–Crippen MR) is 415 cm³/mol. The fraction of sp³-hybridized carbons (Fsp3) is 0. The van der Waals surface area contributed by atoms with Crippen molar-refractivity contribution in [2.75, 3.05) is 0 Å². The fourth-order valence-electron chi connectivity index (χ4n) is 13.1. The summed E-state index contributed by atoms with van der Waals surface area (Å²) in [7, 11) is 0. The number of nitrogens with zero attached hydrogens (tertiary/aromatic N) is 4. The summed E-state index contributed by atoms with van der Waals surface area (Å²) < 4.78 is 2.66. The van der Waals surface area contributed by atoms with E-state index in [0.29, 0.717) is 23.0 Å². The quantitative estimate of drug-likeness (QED) is 0.115. The highest BCUT2D eigenvalue weighted by molar-refractivity contribution is 7.26. The fourth-order valence-corrected chi connectivity index (χ4v) is 14.3. The molecule has 15 aromatic carbocycles. The van der Waals surface area contributed by atoms with E-state index in [-0.39, 0.29) is 0 Å². The van der Waals surface area contributed by atoms with Crippen molar-refractivity contribution in [1.29, 1.82) is 5.26 Å². The van der Waals surface area contributed by atoms with Crippen molar-refractivity contribution < 1.29 is 0 Å². The van der Waals surface area contributed by atoms with Crippen LogP contribution in [0.5, 0.6) is 0 Å². The van der Waals surface area contributed by atoms with E-state index in [9.17, 15) is 5.26 Å². The summed E-state index contributed by atoms with van der Waals surface area (Å²) in [6.45, 7) is 0. The van der Waals surface area contributed by atoms with Crippen LogP contribution in [0.4, 0.5) is 0 Å². The van der Waals surface area contributed by atoms with Crippen molar-refractivity contribution in [1.82, 2.24) is 15.0 Å². The van der Waals surface area contributed by atoms with Crippen molar-refractivity contribution >= 4 is 31.5 Å². The molecule has 0 radical (unpaired) electrons. The summed E-state index contributed by atoms with van der Waals surface area (Å²) in [5.74, 6) is 1.96. The van der Waals surface area contributed by atoms with Crippen LogP contribution in [0.3, 0.4) is 0 Å². The molecule has 17 aromatic rings. The van der Waals surface area contributed by atoms with Gasteiger partial charge in [-0.3, -0.25) is 0 Å². The summed E-state index contributed by atoms with van der Waals surface area (Å²) in [4.78, 5) is 14.7. The third kappa shape index (κ3) is 13.3. The van der Waals surface area contributed by atoms with Crippen LogP contribution in [0.2, 0.25) is 0 Å². The smallest absolute Gasteiger partial charge is 0.164 e. The van der Waals surface area contributed by atoms with Gasteiger partial charge in [0.15, 0.2) is 17.5 Å². The van der Waals surface area contributed by atoms with Gasteiger partial charge in [-0.25, -0.2) is 15.0 Å². The van der Waals surface area contributed by atoms with E-state index >= 15 is 0 Å². The molecule has 0 fully saturated rings. The molecule has 4 nitrogen and oxygen atoms in total. The molecule has 0 saturated carbocycles. The number of thiophene rings is 1. The molecule has 0 saturated heterocycles. The first kappa shape index (κ1) is 60.9. The minimum Gasteiger partial charge on any atom is -0.208 e. The number of aromatic nitrogens is 3. The second-order valence-corrected chi connectivity index (χ2v) is 25.6. The lowest BCUT2D eigenvalue weighted by Gasteiger charge is -2.11. The van der Waals surface area contributed by atoms with E-state index in [1.54, 1.807) is 0 Å². The van der Waals surface area contributed by atoms with Gasteiger partial charge in [0.2, 0.25) is 0 Å². The summed E-state index contributed by atoms with van der Waals surface area (Å²) >= 11 is 1.87. The van der Waals surface area contributed by atoms with E-state index in [4.69, 9.17) is 15.0 Å². The molecule has 0 unspecified atom stereocenters. The zero-order chi connectivity index (χ0) is 66.3. The number of nitriles is 1. The number of hydrogen-bond donors (Lipinski definition) is 0. The first-order valence-corrected chi connectivity index (χ1v) is 34.1. The van der Waals surface area contributed by atoms with Crippen molar-refractivity contribution in [3.8, 4) is 152 Å². The average Bonchev–Trinajstić information content (AvgIpc) is 1.63. The number of benzene rings is 15. The van der Waals surface area contributed by atoms with Gasteiger partial charge in [-0.05, 0) is 160 Å². The second kappa shape index (κ2) is 27.8. The van der Waals surface area contributed by atoms with Crippen LogP contribution >= 0.6 is 11.3 Å². The molecule has 0 aliphatic rings. The number of fused-ring (bicyclic) bond motifs is 3. The topological polar surface area (TPSA) is 62.5 Å². The molecule has 99 heavy (non-hydrogen) atoms. The molecule has 0 N–H and O–H groups in total. The average molecular weight is 1280 g/mol. The maximum Gasteiger partial charge on any atom is 0.164 e. The maximum atomic E-state index is 9.97. The van der Waals surface area contributed by atoms with Crippen LogP contribution in [0.25, 0.3) is 166 Å². The number of hydrogen-bond acceptors (Lipinski definition) is 5. The van der Waals surface area contributed by atoms with Crippen LogP contribution in [0.15, 0.2) is 376 Å². The Balaban J connectivity index is 0.000000154. The lowest BCUT2D eigenvalue weighted by Crippen LogP contribution is -2.00. The van der Waals surface area contributed by atoms with E-state index < -0.39 is 0 Å². The van der Waals surface area contributed by atoms with Crippen molar-refractivity contribution in [3.63, 3.8) is 0 Å². The Hall–Kier alpha value is -13.0. The van der Waals surface area contributed by atoms with Gasteiger partial charge in [0.05, 0.1) is 11.6 Å². The highest BCUT2D eigenvalue weighted by atomic mass is 32.1. The van der Waals surface area contributed by atoms with Gasteiger partial charge in [0, 0.05) is 36.9 Å². The summed E-state index contributed by atoms with van der Waals surface area (Å²) in [5, 5.41) is 12.6. The first-order valence-electron chi connectivity index (χ1n) is 33.2. The molecule has 464 valence electrons. The molecule has 0 bridgehead atoms. The standard InChI is InChI=1S/C49H33N.C45H29N3S/c50-34-35-29-48(33-49(30-35)47-16-8-15-46(32-47)41-23-19-39(20-24-41)37-11-5-2-6-12-37)43-27-25-42(26-28-43)45-14-7-13-44(31-45)40-21-17-38(18-22-40)36-9-3-1-4-10-36;1-3-12-32(13-4-1)43-46-44(33-14-5-2-6-15-33)48-45(47-43)37-19-10-17-35(29-37)31-26-24-30(25-27-31)34-16-9-18-36(28-34)38-21-11-22-40-39-20-7-8-23-41(39)49-42(38)40/h1-33H;1-29H.